The number of carbonyl (C=O) groups is 1. The molecule has 1 aliphatic heterocycles. The average Bonchev–Trinajstić information content (AvgIpc) is 2.49. The Morgan fingerprint density at radius 3 is 2.32 bits per heavy atom. The van der Waals surface area contributed by atoms with Crippen LogP contribution >= 0.6 is 22.6 Å². The number of carbonyl (C=O) groups excluding carboxylic acids is 1. The zero-order valence-corrected chi connectivity index (χ0v) is 15.8. The van der Waals surface area contributed by atoms with Crippen LogP contribution in [-0.2, 0) is 17.9 Å². The van der Waals surface area contributed by atoms with E-state index in [1.54, 1.807) is 0 Å². The van der Waals surface area contributed by atoms with Gasteiger partial charge in [0.2, 0.25) is 0 Å². The minimum Gasteiger partial charge on any atom is -0.304 e. The molecule has 22 heavy (non-hydrogen) atoms. The first-order chi connectivity index (χ1) is 10.5. The summed E-state index contributed by atoms with van der Waals surface area (Å²) in [5.41, 5.74) is 2.70. The number of rotatable bonds is 7. The Morgan fingerprint density at radius 2 is 1.73 bits per heavy atom. The summed E-state index contributed by atoms with van der Waals surface area (Å²) in [6.45, 7) is 7.42. The van der Waals surface area contributed by atoms with Crippen LogP contribution in [0.1, 0.15) is 17.5 Å². The Kier molecular flexibility index (Phi) is 7.27. The lowest BCUT2D eigenvalue weighted by Gasteiger charge is -2.32. The zero-order valence-electron chi connectivity index (χ0n) is 13.6. The standard InChI is InChI=1S/C17H26IN3O/c1-19-9-11-21(12-10-19)14-16-5-3-15(4-6-16)13-20(2)8-7-17(18)22/h3-6H,7-14H2,1-2H3. The number of piperazine rings is 1. The van der Waals surface area contributed by atoms with E-state index in [0.717, 1.165) is 32.7 Å². The van der Waals surface area contributed by atoms with Crippen LogP contribution in [0.25, 0.3) is 0 Å². The molecule has 0 spiro atoms. The van der Waals surface area contributed by atoms with Crippen LogP contribution in [0, 0.1) is 0 Å². The maximum Gasteiger partial charge on any atom is 0.193 e. The van der Waals surface area contributed by atoms with E-state index in [9.17, 15) is 4.79 Å². The van der Waals surface area contributed by atoms with E-state index in [1.165, 1.54) is 24.2 Å². The second kappa shape index (κ2) is 8.96. The van der Waals surface area contributed by atoms with Crippen molar-refractivity contribution >= 4 is 26.4 Å². The van der Waals surface area contributed by atoms with Gasteiger partial charge in [-0.05, 0) is 47.8 Å². The van der Waals surface area contributed by atoms with Crippen molar-refractivity contribution in [1.82, 2.24) is 14.7 Å². The molecular formula is C17H26IN3O. The molecule has 0 unspecified atom stereocenters. The van der Waals surface area contributed by atoms with Crippen molar-refractivity contribution in [3.05, 3.63) is 35.4 Å². The number of hydrogen-bond acceptors (Lipinski definition) is 4. The van der Waals surface area contributed by atoms with Gasteiger partial charge in [0.1, 0.15) is 0 Å². The second-order valence-electron chi connectivity index (χ2n) is 6.24. The summed E-state index contributed by atoms with van der Waals surface area (Å²) < 4.78 is 0.229. The molecule has 5 heteroatoms. The van der Waals surface area contributed by atoms with Crippen LogP contribution < -0.4 is 0 Å². The largest absolute Gasteiger partial charge is 0.304 e. The lowest BCUT2D eigenvalue weighted by atomic mass is 10.1. The average molecular weight is 415 g/mol. The van der Waals surface area contributed by atoms with Gasteiger partial charge in [-0.3, -0.25) is 9.69 Å². The minimum atomic E-state index is 0.229. The Labute approximate surface area is 147 Å². The lowest BCUT2D eigenvalue weighted by Crippen LogP contribution is -2.43. The van der Waals surface area contributed by atoms with Crippen LogP contribution in [0.4, 0.5) is 0 Å². The highest BCUT2D eigenvalue weighted by atomic mass is 127. The van der Waals surface area contributed by atoms with Gasteiger partial charge in [0.25, 0.3) is 0 Å². The molecule has 0 aromatic heterocycles. The summed E-state index contributed by atoms with van der Waals surface area (Å²) in [7, 11) is 4.26. The molecular weight excluding hydrogens is 389 g/mol. The van der Waals surface area contributed by atoms with Crippen molar-refractivity contribution < 1.29 is 4.79 Å². The first-order valence-electron chi connectivity index (χ1n) is 7.88. The molecule has 1 aromatic carbocycles. The van der Waals surface area contributed by atoms with E-state index >= 15 is 0 Å². The molecule has 4 nitrogen and oxygen atoms in total. The van der Waals surface area contributed by atoms with E-state index in [0.29, 0.717) is 6.42 Å². The topological polar surface area (TPSA) is 26.8 Å². The van der Waals surface area contributed by atoms with Gasteiger partial charge in [0, 0.05) is 52.2 Å². The van der Waals surface area contributed by atoms with Crippen LogP contribution in [0.5, 0.6) is 0 Å². The summed E-state index contributed by atoms with van der Waals surface area (Å²) in [6.07, 6.45) is 0.624. The maximum absolute atomic E-state index is 11.0. The molecule has 0 saturated carbocycles. The Balaban J connectivity index is 1.78. The van der Waals surface area contributed by atoms with Crippen LogP contribution in [0.15, 0.2) is 24.3 Å². The number of nitrogens with zero attached hydrogens (tertiary/aromatic N) is 3. The number of hydrogen-bond donors (Lipinski definition) is 0. The van der Waals surface area contributed by atoms with E-state index in [1.807, 2.05) is 22.6 Å². The van der Waals surface area contributed by atoms with E-state index in [2.05, 4.69) is 53.1 Å². The molecule has 122 valence electrons. The lowest BCUT2D eigenvalue weighted by molar-refractivity contribution is -0.109. The predicted molar refractivity (Wildman–Crippen MR) is 99.2 cm³/mol. The molecule has 2 rings (SSSR count). The van der Waals surface area contributed by atoms with Crippen molar-refractivity contribution in [2.24, 2.45) is 0 Å². The number of benzene rings is 1. The predicted octanol–water partition coefficient (Wildman–Crippen LogP) is 2.22. The van der Waals surface area contributed by atoms with Crippen molar-refractivity contribution in [1.29, 1.82) is 0 Å². The molecule has 0 radical (unpaired) electrons. The van der Waals surface area contributed by atoms with E-state index < -0.39 is 0 Å². The van der Waals surface area contributed by atoms with Gasteiger partial charge in [0.15, 0.2) is 3.79 Å². The van der Waals surface area contributed by atoms with E-state index in [4.69, 9.17) is 0 Å². The molecule has 0 bridgehead atoms. The van der Waals surface area contributed by atoms with Gasteiger partial charge < -0.3 is 9.80 Å². The molecule has 1 aromatic rings. The Hall–Kier alpha value is -0.500. The van der Waals surface area contributed by atoms with Crippen molar-refractivity contribution in [2.45, 2.75) is 19.5 Å². The fraction of sp³-hybridized carbons (Fsp3) is 0.588. The highest BCUT2D eigenvalue weighted by Gasteiger charge is 2.13. The fourth-order valence-corrected chi connectivity index (χ4v) is 2.92. The summed E-state index contributed by atoms with van der Waals surface area (Å²) >= 11 is 1.87. The van der Waals surface area contributed by atoms with Gasteiger partial charge in [-0.1, -0.05) is 24.3 Å². The molecule has 1 saturated heterocycles. The second-order valence-corrected chi connectivity index (χ2v) is 7.44. The van der Waals surface area contributed by atoms with Gasteiger partial charge in [0.05, 0.1) is 0 Å². The molecule has 0 amide bonds. The molecule has 1 heterocycles. The van der Waals surface area contributed by atoms with Gasteiger partial charge in [-0.15, -0.1) is 0 Å². The van der Waals surface area contributed by atoms with Gasteiger partial charge in [-0.2, -0.15) is 0 Å². The Bertz CT molecular complexity index is 469. The molecule has 0 atom stereocenters. The van der Waals surface area contributed by atoms with Crippen molar-refractivity contribution in [3.8, 4) is 0 Å². The maximum atomic E-state index is 11.0. The first-order valence-corrected chi connectivity index (χ1v) is 8.96. The van der Waals surface area contributed by atoms with E-state index in [-0.39, 0.29) is 3.79 Å². The van der Waals surface area contributed by atoms with Crippen molar-refractivity contribution in [2.75, 3.05) is 46.8 Å². The first kappa shape index (κ1) is 17.8. The minimum absolute atomic E-state index is 0.229. The monoisotopic (exact) mass is 415 g/mol. The van der Waals surface area contributed by atoms with Gasteiger partial charge >= 0.3 is 0 Å². The smallest absolute Gasteiger partial charge is 0.193 e. The molecule has 1 fully saturated rings. The van der Waals surface area contributed by atoms with Crippen LogP contribution in [0.3, 0.4) is 0 Å². The summed E-state index contributed by atoms with van der Waals surface area (Å²) in [5, 5.41) is 0. The summed E-state index contributed by atoms with van der Waals surface area (Å²) in [6, 6.07) is 8.91. The summed E-state index contributed by atoms with van der Waals surface area (Å²) in [4.78, 5) is 18.1. The summed E-state index contributed by atoms with van der Waals surface area (Å²) in [5.74, 6) is 0. The molecule has 1 aliphatic rings. The normalized spacial score (nSPS) is 17.1. The third-order valence-electron chi connectivity index (χ3n) is 4.17. The van der Waals surface area contributed by atoms with Crippen LogP contribution in [0.2, 0.25) is 0 Å². The van der Waals surface area contributed by atoms with Crippen LogP contribution in [-0.4, -0.2) is 65.3 Å². The highest BCUT2D eigenvalue weighted by Crippen LogP contribution is 2.11. The molecule has 0 aliphatic carbocycles. The highest BCUT2D eigenvalue weighted by molar-refractivity contribution is 14.1. The third-order valence-corrected chi connectivity index (χ3v) is 4.71. The van der Waals surface area contributed by atoms with Gasteiger partial charge in [-0.25, -0.2) is 0 Å². The number of halogens is 1. The van der Waals surface area contributed by atoms with Crippen molar-refractivity contribution in [3.63, 3.8) is 0 Å². The zero-order chi connectivity index (χ0) is 15.9. The Morgan fingerprint density at radius 1 is 1.14 bits per heavy atom. The number of likely N-dealkylation sites (N-methyl/N-ethyl adjacent to an activating group) is 1. The SMILES string of the molecule is CN1CCN(Cc2ccc(CN(C)CCC(=O)I)cc2)CC1. The quantitative estimate of drug-likeness (QED) is 0.504. The fourth-order valence-electron chi connectivity index (χ4n) is 2.68. The third kappa shape index (κ3) is 6.32. The molecule has 0 N–H and O–H groups in total.